The van der Waals surface area contributed by atoms with E-state index in [4.69, 9.17) is 23.2 Å². The molecule has 114 valence electrons. The standard InChI is InChI=1S/C13H15Cl2N3O2S/c1-3-11-16-7-12(17-11)21(19,20)18(2)8-9-5-4-6-10(14)13(9)15/h4-7H,3,8H2,1-2H3,(H,16,17). The van der Waals surface area contributed by atoms with Crippen LogP contribution in [0.2, 0.25) is 10.0 Å². The number of aromatic nitrogens is 2. The number of hydrogen-bond acceptors (Lipinski definition) is 3. The second-order valence-electron chi connectivity index (χ2n) is 4.52. The van der Waals surface area contributed by atoms with Gasteiger partial charge in [-0.3, -0.25) is 0 Å². The van der Waals surface area contributed by atoms with Crippen molar-refractivity contribution >= 4 is 33.2 Å². The fraction of sp³-hybridized carbons (Fsp3) is 0.308. The molecule has 0 saturated carbocycles. The minimum atomic E-state index is -3.64. The zero-order chi connectivity index (χ0) is 15.6. The first-order chi connectivity index (χ1) is 9.86. The highest BCUT2D eigenvalue weighted by Crippen LogP contribution is 2.27. The normalized spacial score (nSPS) is 12.0. The van der Waals surface area contributed by atoms with E-state index in [1.165, 1.54) is 17.5 Å². The Bertz CT molecular complexity index is 744. The van der Waals surface area contributed by atoms with E-state index in [9.17, 15) is 8.42 Å². The Kier molecular flexibility index (Phi) is 4.93. The van der Waals surface area contributed by atoms with Gasteiger partial charge in [0.15, 0.2) is 5.03 Å². The summed E-state index contributed by atoms with van der Waals surface area (Å²) in [6.07, 6.45) is 1.96. The Morgan fingerprint density at radius 1 is 1.33 bits per heavy atom. The molecule has 0 aliphatic rings. The molecule has 0 aliphatic heterocycles. The molecule has 2 aromatic rings. The van der Waals surface area contributed by atoms with E-state index in [2.05, 4.69) is 9.97 Å². The Morgan fingerprint density at radius 2 is 2.05 bits per heavy atom. The fourth-order valence-corrected chi connectivity index (χ4v) is 3.27. The van der Waals surface area contributed by atoms with Crippen molar-refractivity contribution in [2.75, 3.05) is 7.05 Å². The number of aromatic amines is 1. The lowest BCUT2D eigenvalue weighted by atomic mass is 10.2. The van der Waals surface area contributed by atoms with Gasteiger partial charge in [0.2, 0.25) is 0 Å². The molecule has 2 rings (SSSR count). The van der Waals surface area contributed by atoms with E-state index in [-0.39, 0.29) is 11.6 Å². The van der Waals surface area contributed by atoms with E-state index in [1.54, 1.807) is 18.2 Å². The molecular weight excluding hydrogens is 333 g/mol. The van der Waals surface area contributed by atoms with Crippen molar-refractivity contribution in [2.45, 2.75) is 24.9 Å². The molecule has 1 aromatic heterocycles. The predicted molar refractivity (Wildman–Crippen MR) is 83.1 cm³/mol. The highest BCUT2D eigenvalue weighted by Gasteiger charge is 2.24. The van der Waals surface area contributed by atoms with Gasteiger partial charge >= 0.3 is 0 Å². The number of rotatable bonds is 5. The summed E-state index contributed by atoms with van der Waals surface area (Å²) in [5.74, 6) is 0.628. The third-order valence-corrected chi connectivity index (χ3v) is 5.62. The van der Waals surface area contributed by atoms with Gasteiger partial charge < -0.3 is 4.98 Å². The topological polar surface area (TPSA) is 66.1 Å². The minimum absolute atomic E-state index is 0.0694. The molecule has 1 aromatic carbocycles. The van der Waals surface area contributed by atoms with Gasteiger partial charge in [-0.15, -0.1) is 0 Å². The van der Waals surface area contributed by atoms with Crippen molar-refractivity contribution in [3.63, 3.8) is 0 Å². The van der Waals surface area contributed by atoms with Gasteiger partial charge in [0, 0.05) is 20.0 Å². The molecule has 0 radical (unpaired) electrons. The lowest BCUT2D eigenvalue weighted by molar-refractivity contribution is 0.464. The summed E-state index contributed by atoms with van der Waals surface area (Å²) < 4.78 is 26.1. The summed E-state index contributed by atoms with van der Waals surface area (Å²) in [4.78, 5) is 6.81. The Hall–Kier alpha value is -1.08. The van der Waals surface area contributed by atoms with Crippen LogP contribution in [0.25, 0.3) is 0 Å². The Labute approximate surface area is 134 Å². The number of imidazole rings is 1. The number of H-pyrrole nitrogens is 1. The SMILES string of the molecule is CCc1ncc(S(=O)(=O)N(C)Cc2cccc(Cl)c2Cl)[nH]1. The first-order valence-corrected chi connectivity index (χ1v) is 8.49. The first kappa shape index (κ1) is 16.3. The van der Waals surface area contributed by atoms with Gasteiger partial charge in [-0.2, -0.15) is 4.31 Å². The summed E-state index contributed by atoms with van der Waals surface area (Å²) in [5, 5.41) is 0.829. The molecule has 21 heavy (non-hydrogen) atoms. The van der Waals surface area contributed by atoms with E-state index in [0.29, 0.717) is 27.9 Å². The number of nitrogens with zero attached hydrogens (tertiary/aromatic N) is 2. The van der Waals surface area contributed by atoms with Crippen molar-refractivity contribution in [2.24, 2.45) is 0 Å². The molecule has 0 unspecified atom stereocenters. The van der Waals surface area contributed by atoms with Gasteiger partial charge in [0.25, 0.3) is 10.0 Å². The van der Waals surface area contributed by atoms with Gasteiger partial charge in [-0.05, 0) is 11.6 Å². The van der Waals surface area contributed by atoms with Crippen LogP contribution in [0.5, 0.6) is 0 Å². The van der Waals surface area contributed by atoms with Crippen molar-refractivity contribution in [1.29, 1.82) is 0 Å². The van der Waals surface area contributed by atoms with Crippen molar-refractivity contribution in [1.82, 2.24) is 14.3 Å². The number of aryl methyl sites for hydroxylation is 1. The molecule has 5 nitrogen and oxygen atoms in total. The average molecular weight is 348 g/mol. The summed E-state index contributed by atoms with van der Waals surface area (Å²) in [6, 6.07) is 5.13. The Morgan fingerprint density at radius 3 is 2.67 bits per heavy atom. The summed E-state index contributed by atoms with van der Waals surface area (Å²) >= 11 is 12.0. The smallest absolute Gasteiger partial charge is 0.260 e. The summed E-state index contributed by atoms with van der Waals surface area (Å²) in [7, 11) is -2.16. The van der Waals surface area contributed by atoms with Gasteiger partial charge in [0.1, 0.15) is 5.82 Å². The zero-order valence-corrected chi connectivity index (χ0v) is 13.9. The molecule has 0 aliphatic carbocycles. The predicted octanol–water partition coefficient (Wildman–Crippen LogP) is 3.10. The molecule has 8 heteroatoms. The van der Waals surface area contributed by atoms with Gasteiger partial charge in [-0.25, -0.2) is 13.4 Å². The second kappa shape index (κ2) is 6.36. The van der Waals surface area contributed by atoms with E-state index >= 15 is 0 Å². The van der Waals surface area contributed by atoms with Crippen LogP contribution in [-0.4, -0.2) is 29.7 Å². The van der Waals surface area contributed by atoms with E-state index in [0.717, 1.165) is 0 Å². The highest BCUT2D eigenvalue weighted by atomic mass is 35.5. The van der Waals surface area contributed by atoms with Crippen LogP contribution >= 0.6 is 23.2 Å². The maximum absolute atomic E-state index is 12.4. The van der Waals surface area contributed by atoms with Crippen LogP contribution in [-0.2, 0) is 23.0 Å². The number of benzene rings is 1. The molecule has 0 atom stereocenters. The molecule has 0 spiro atoms. The maximum Gasteiger partial charge on any atom is 0.260 e. The number of nitrogens with one attached hydrogen (secondary N) is 1. The zero-order valence-electron chi connectivity index (χ0n) is 11.6. The van der Waals surface area contributed by atoms with Crippen molar-refractivity contribution < 1.29 is 8.42 Å². The minimum Gasteiger partial charge on any atom is -0.332 e. The van der Waals surface area contributed by atoms with Crippen molar-refractivity contribution in [3.8, 4) is 0 Å². The molecular formula is C13H15Cl2N3O2S. The molecule has 0 fully saturated rings. The number of sulfonamides is 1. The highest BCUT2D eigenvalue weighted by molar-refractivity contribution is 7.89. The van der Waals surface area contributed by atoms with E-state index in [1.807, 2.05) is 6.92 Å². The first-order valence-electron chi connectivity index (χ1n) is 6.29. The molecule has 0 bridgehead atoms. The average Bonchev–Trinajstić information content (AvgIpc) is 2.93. The summed E-state index contributed by atoms with van der Waals surface area (Å²) in [6.45, 7) is 2.02. The Balaban J connectivity index is 2.26. The van der Waals surface area contributed by atoms with Crippen LogP contribution in [0, 0.1) is 0 Å². The third kappa shape index (κ3) is 3.40. The monoisotopic (exact) mass is 347 g/mol. The van der Waals surface area contributed by atoms with Crippen LogP contribution < -0.4 is 0 Å². The summed E-state index contributed by atoms with van der Waals surface area (Å²) in [5.41, 5.74) is 0.644. The molecule has 0 amide bonds. The maximum atomic E-state index is 12.4. The number of hydrogen-bond donors (Lipinski definition) is 1. The van der Waals surface area contributed by atoms with Crippen LogP contribution in [0.3, 0.4) is 0 Å². The lowest BCUT2D eigenvalue weighted by Crippen LogP contribution is -2.27. The van der Waals surface area contributed by atoms with Crippen molar-refractivity contribution in [3.05, 3.63) is 45.8 Å². The number of halogens is 2. The van der Waals surface area contributed by atoms with E-state index < -0.39 is 10.0 Å². The molecule has 1 N–H and O–H groups in total. The quantitative estimate of drug-likeness (QED) is 0.903. The van der Waals surface area contributed by atoms with Crippen LogP contribution in [0.15, 0.2) is 29.4 Å². The lowest BCUT2D eigenvalue weighted by Gasteiger charge is -2.17. The fourth-order valence-electron chi connectivity index (χ4n) is 1.82. The molecule has 1 heterocycles. The largest absolute Gasteiger partial charge is 0.332 e. The van der Waals surface area contributed by atoms with Crippen LogP contribution in [0.4, 0.5) is 0 Å². The van der Waals surface area contributed by atoms with Gasteiger partial charge in [-0.1, -0.05) is 42.3 Å². The molecule has 0 saturated heterocycles. The third-order valence-electron chi connectivity index (χ3n) is 3.05. The second-order valence-corrected chi connectivity index (χ2v) is 7.32. The van der Waals surface area contributed by atoms with Crippen LogP contribution in [0.1, 0.15) is 18.3 Å². The van der Waals surface area contributed by atoms with Gasteiger partial charge in [0.05, 0.1) is 16.2 Å².